The Kier molecular flexibility index (Phi) is 5.54. The van der Waals surface area contributed by atoms with Crippen LogP contribution in [0.3, 0.4) is 0 Å². The van der Waals surface area contributed by atoms with Crippen molar-refractivity contribution in [2.75, 3.05) is 7.05 Å². The van der Waals surface area contributed by atoms with E-state index in [1.54, 1.807) is 6.92 Å². The summed E-state index contributed by atoms with van der Waals surface area (Å²) < 4.78 is 28.6. The first-order valence-corrected chi connectivity index (χ1v) is 7.80. The molecule has 1 heterocycles. The molecule has 0 saturated heterocycles. The average Bonchev–Trinajstić information content (AvgIpc) is 2.62. The number of hydrogen-bond donors (Lipinski definition) is 0. The van der Waals surface area contributed by atoms with Gasteiger partial charge in [-0.15, -0.1) is 0 Å². The minimum absolute atomic E-state index is 0.178. The first kappa shape index (κ1) is 19.3. The highest BCUT2D eigenvalue weighted by molar-refractivity contribution is 5.91. The molecule has 0 aliphatic rings. The van der Waals surface area contributed by atoms with Crippen LogP contribution in [0, 0.1) is 11.6 Å². The van der Waals surface area contributed by atoms with Crippen molar-refractivity contribution in [2.24, 2.45) is 14.1 Å². The molecule has 1 unspecified atom stereocenters. The van der Waals surface area contributed by atoms with Crippen LogP contribution in [0.4, 0.5) is 8.78 Å². The van der Waals surface area contributed by atoms with Crippen molar-refractivity contribution in [2.45, 2.75) is 13.0 Å². The molecule has 8 heteroatoms. The lowest BCUT2D eigenvalue weighted by Crippen LogP contribution is -2.37. The standard InChI is InChI=1S/C18H19F2N3O3/c1-11(12-5-7-14(19)15(20)9-12)22(3)16(24)8-6-13-10-21(2)18(26)23(4)17(13)25/h5-11H,1-4H3/b8-6+. The van der Waals surface area contributed by atoms with Crippen LogP contribution in [-0.2, 0) is 18.9 Å². The third kappa shape index (κ3) is 3.79. The highest BCUT2D eigenvalue weighted by atomic mass is 19.2. The van der Waals surface area contributed by atoms with E-state index in [1.807, 2.05) is 0 Å². The molecule has 26 heavy (non-hydrogen) atoms. The molecule has 0 bridgehead atoms. The Morgan fingerprint density at radius 1 is 1.19 bits per heavy atom. The molecule has 2 aromatic rings. The molecule has 1 atom stereocenters. The molecule has 0 saturated carbocycles. The van der Waals surface area contributed by atoms with Gasteiger partial charge >= 0.3 is 5.69 Å². The van der Waals surface area contributed by atoms with Gasteiger partial charge < -0.3 is 9.47 Å². The summed E-state index contributed by atoms with van der Waals surface area (Å²) in [5.41, 5.74) is -0.376. The maximum absolute atomic E-state index is 13.4. The number of carbonyl (C=O) groups excluding carboxylic acids is 1. The summed E-state index contributed by atoms with van der Waals surface area (Å²) in [6.07, 6.45) is 3.85. The SMILES string of the molecule is CC(c1ccc(F)c(F)c1)N(C)C(=O)/C=C/c1cn(C)c(=O)n(C)c1=O. The van der Waals surface area contributed by atoms with Crippen LogP contribution in [0.5, 0.6) is 0 Å². The van der Waals surface area contributed by atoms with E-state index in [4.69, 9.17) is 0 Å². The number of nitrogens with zero attached hydrogens (tertiary/aromatic N) is 3. The third-order valence-corrected chi connectivity index (χ3v) is 4.23. The maximum Gasteiger partial charge on any atom is 0.330 e. The van der Waals surface area contributed by atoms with Gasteiger partial charge in [-0.2, -0.15) is 0 Å². The predicted octanol–water partition coefficient (Wildman–Crippen LogP) is 1.59. The van der Waals surface area contributed by atoms with E-state index < -0.39 is 34.8 Å². The predicted molar refractivity (Wildman–Crippen MR) is 93.5 cm³/mol. The van der Waals surface area contributed by atoms with E-state index in [0.717, 1.165) is 16.7 Å². The van der Waals surface area contributed by atoms with E-state index in [0.29, 0.717) is 5.56 Å². The smallest absolute Gasteiger partial charge is 0.330 e. The molecule has 1 amide bonds. The number of aromatic nitrogens is 2. The normalized spacial score (nSPS) is 12.4. The molecule has 0 aliphatic heterocycles. The second-order valence-electron chi connectivity index (χ2n) is 5.97. The molecule has 2 rings (SSSR count). The van der Waals surface area contributed by atoms with Crippen molar-refractivity contribution in [3.8, 4) is 0 Å². The lowest BCUT2D eigenvalue weighted by Gasteiger charge is -2.24. The van der Waals surface area contributed by atoms with Crippen LogP contribution in [-0.4, -0.2) is 27.0 Å². The summed E-state index contributed by atoms with van der Waals surface area (Å²) in [7, 11) is 4.36. The zero-order valence-electron chi connectivity index (χ0n) is 14.9. The molecule has 0 spiro atoms. The summed E-state index contributed by atoms with van der Waals surface area (Å²) in [5.74, 6) is -2.38. The number of halogens is 2. The molecule has 1 aromatic carbocycles. The van der Waals surface area contributed by atoms with Crippen molar-refractivity contribution in [1.29, 1.82) is 0 Å². The molecule has 0 fully saturated rings. The van der Waals surface area contributed by atoms with Crippen LogP contribution in [0.2, 0.25) is 0 Å². The van der Waals surface area contributed by atoms with Crippen LogP contribution < -0.4 is 11.2 Å². The van der Waals surface area contributed by atoms with Crippen LogP contribution >= 0.6 is 0 Å². The quantitative estimate of drug-likeness (QED) is 0.775. The number of aryl methyl sites for hydroxylation is 1. The van der Waals surface area contributed by atoms with Gasteiger partial charge in [0.05, 0.1) is 11.6 Å². The van der Waals surface area contributed by atoms with Crippen molar-refractivity contribution in [3.63, 3.8) is 0 Å². The molecule has 138 valence electrons. The second-order valence-corrected chi connectivity index (χ2v) is 5.97. The van der Waals surface area contributed by atoms with Gasteiger partial charge in [-0.25, -0.2) is 13.6 Å². The van der Waals surface area contributed by atoms with Crippen molar-refractivity contribution in [1.82, 2.24) is 14.0 Å². The van der Waals surface area contributed by atoms with Crippen molar-refractivity contribution < 1.29 is 13.6 Å². The van der Waals surface area contributed by atoms with Crippen LogP contribution in [0.15, 0.2) is 40.1 Å². The first-order chi connectivity index (χ1) is 12.1. The van der Waals surface area contributed by atoms with Crippen LogP contribution in [0.25, 0.3) is 6.08 Å². The number of carbonyl (C=O) groups is 1. The fourth-order valence-corrected chi connectivity index (χ4v) is 2.42. The fourth-order valence-electron chi connectivity index (χ4n) is 2.42. The number of hydrogen-bond acceptors (Lipinski definition) is 3. The number of likely N-dealkylation sites (N-methyl/N-ethyl adjacent to an activating group) is 1. The Labute approximate surface area is 148 Å². The van der Waals surface area contributed by atoms with Gasteiger partial charge in [0.2, 0.25) is 5.91 Å². The Morgan fingerprint density at radius 3 is 2.46 bits per heavy atom. The van der Waals surface area contributed by atoms with E-state index >= 15 is 0 Å². The summed E-state index contributed by atoms with van der Waals surface area (Å²) in [5, 5.41) is 0. The third-order valence-electron chi connectivity index (χ3n) is 4.23. The van der Waals surface area contributed by atoms with E-state index in [9.17, 15) is 23.2 Å². The topological polar surface area (TPSA) is 64.3 Å². The zero-order chi connectivity index (χ0) is 19.6. The number of rotatable bonds is 4. The Hall–Kier alpha value is -3.03. The summed E-state index contributed by atoms with van der Waals surface area (Å²) >= 11 is 0. The number of amides is 1. The Morgan fingerprint density at radius 2 is 1.85 bits per heavy atom. The molecular weight excluding hydrogens is 344 g/mol. The van der Waals surface area contributed by atoms with Gasteiger partial charge in [-0.3, -0.25) is 14.2 Å². The lowest BCUT2D eigenvalue weighted by molar-refractivity contribution is -0.126. The van der Waals surface area contributed by atoms with E-state index in [-0.39, 0.29) is 5.56 Å². The minimum Gasteiger partial charge on any atom is -0.335 e. The van der Waals surface area contributed by atoms with E-state index in [2.05, 4.69) is 0 Å². The molecule has 6 nitrogen and oxygen atoms in total. The highest BCUT2D eigenvalue weighted by Gasteiger charge is 2.17. The van der Waals surface area contributed by atoms with Crippen molar-refractivity contribution in [3.05, 3.63) is 74.1 Å². The van der Waals surface area contributed by atoms with Gasteiger partial charge in [-0.1, -0.05) is 6.07 Å². The Bertz CT molecular complexity index is 992. The molecule has 0 N–H and O–H groups in total. The first-order valence-electron chi connectivity index (χ1n) is 7.80. The summed E-state index contributed by atoms with van der Waals surface area (Å²) in [4.78, 5) is 37.4. The largest absolute Gasteiger partial charge is 0.335 e. The lowest BCUT2D eigenvalue weighted by atomic mass is 10.1. The van der Waals surface area contributed by atoms with Crippen LogP contribution in [0.1, 0.15) is 24.1 Å². The maximum atomic E-state index is 13.4. The molecule has 0 radical (unpaired) electrons. The summed E-state index contributed by atoms with van der Waals surface area (Å²) in [6.45, 7) is 1.67. The van der Waals surface area contributed by atoms with E-state index in [1.165, 1.54) is 55.0 Å². The van der Waals surface area contributed by atoms with Crippen molar-refractivity contribution >= 4 is 12.0 Å². The van der Waals surface area contributed by atoms with Gasteiger partial charge in [0, 0.05) is 33.4 Å². The second kappa shape index (κ2) is 7.47. The van der Waals surface area contributed by atoms with Gasteiger partial charge in [0.25, 0.3) is 5.56 Å². The number of benzene rings is 1. The summed E-state index contributed by atoms with van der Waals surface area (Å²) in [6, 6.07) is 2.93. The molecular formula is C18H19F2N3O3. The average molecular weight is 363 g/mol. The molecule has 0 aliphatic carbocycles. The Balaban J connectivity index is 2.24. The highest BCUT2D eigenvalue weighted by Crippen LogP contribution is 2.21. The van der Waals surface area contributed by atoms with Gasteiger partial charge in [-0.05, 0) is 30.7 Å². The molecule has 1 aromatic heterocycles. The monoisotopic (exact) mass is 363 g/mol. The fraction of sp³-hybridized carbons (Fsp3) is 0.278. The van der Waals surface area contributed by atoms with Gasteiger partial charge in [0.15, 0.2) is 11.6 Å². The minimum atomic E-state index is -0.987. The zero-order valence-corrected chi connectivity index (χ0v) is 14.9. The van der Waals surface area contributed by atoms with Gasteiger partial charge in [0.1, 0.15) is 0 Å².